The van der Waals surface area contributed by atoms with Crippen molar-refractivity contribution in [3.05, 3.63) is 47.0 Å². The number of hydrazine groups is 1. The van der Waals surface area contributed by atoms with Gasteiger partial charge in [-0.05, 0) is 11.9 Å². The molecule has 5 heterocycles. The van der Waals surface area contributed by atoms with Gasteiger partial charge in [0, 0.05) is 17.4 Å². The molecule has 0 unspecified atom stereocenters. The van der Waals surface area contributed by atoms with Crippen molar-refractivity contribution < 1.29 is 28.9 Å². The molecule has 2 atom stereocenters. The van der Waals surface area contributed by atoms with Crippen molar-refractivity contribution >= 4 is 58.8 Å². The molecular weight excluding hydrogens is 512 g/mol. The summed E-state index contributed by atoms with van der Waals surface area (Å²) >= 11 is 2.40. The molecule has 0 saturated carbocycles. The van der Waals surface area contributed by atoms with Gasteiger partial charge in [0.2, 0.25) is 5.82 Å². The van der Waals surface area contributed by atoms with Crippen LogP contribution in [-0.2, 0) is 25.8 Å². The lowest BCUT2D eigenvalue weighted by Gasteiger charge is -2.50. The quantitative estimate of drug-likeness (QED) is 0.0752. The standard InChI is InChI=1S/C19H20N10O5S2/c1-34-24-15(27-7-11(21)36-25-27)16(30)23-13-17(31)28-14(19(32)33)9(8-35-18(13)28)6-26-5-3-10(20)29-12(26)2-4-22-29/h2-5,7,13,18,20,25H,6,8,21H2,1H3,(H2,23,30,32,33)/t13-,18+/m1/s1. The Kier molecular flexibility index (Phi) is 6.10. The van der Waals surface area contributed by atoms with Crippen LogP contribution in [0.25, 0.3) is 5.65 Å². The number of fused-ring (bicyclic) bond motifs is 2. The Morgan fingerprint density at radius 1 is 1.42 bits per heavy atom. The number of carboxylic acid groups (broad SMARTS) is 1. The lowest BCUT2D eigenvalue weighted by atomic mass is 10.0. The van der Waals surface area contributed by atoms with E-state index in [0.717, 1.165) is 16.8 Å². The number of oxime groups is 1. The van der Waals surface area contributed by atoms with Crippen molar-refractivity contribution in [3.63, 3.8) is 0 Å². The number of anilines is 1. The summed E-state index contributed by atoms with van der Waals surface area (Å²) in [5.74, 6) is -2.23. The monoisotopic (exact) mass is 532 g/mol. The van der Waals surface area contributed by atoms with E-state index < -0.39 is 29.2 Å². The molecule has 2 amide bonds. The molecule has 2 aromatic rings. The van der Waals surface area contributed by atoms with Crippen LogP contribution < -0.4 is 31.3 Å². The zero-order valence-corrected chi connectivity index (χ0v) is 20.3. The molecule has 15 nitrogen and oxygen atoms in total. The molecule has 0 radical (unpaired) electrons. The third-order valence-corrected chi connectivity index (χ3v) is 7.57. The molecule has 0 spiro atoms. The lowest BCUT2D eigenvalue weighted by Crippen LogP contribution is -2.72. The van der Waals surface area contributed by atoms with Crippen LogP contribution in [0.4, 0.5) is 5.82 Å². The average Bonchev–Trinajstić information content (AvgIpc) is 3.52. The Labute approximate surface area is 211 Å². The fraction of sp³-hybridized carbons (Fsp3) is 0.263. The number of β-lactam (4-membered cyclic amide) rings is 1. The number of hydrogen-bond acceptors (Lipinski definition) is 12. The number of amides is 2. The molecular formula is C19H20N10O5S2. The Morgan fingerprint density at radius 2 is 2.22 bits per heavy atom. The SMILES string of the molecule is CON=C(C(=O)N[C@@H]1C(=O)N2C(C(=O)[O-])=C(C[n+]3ccc(N)n4nccc43)CS[C@@H]12)N1C=C(N)SN1. The molecule has 0 aliphatic carbocycles. The topological polar surface area (TPSA) is 200 Å². The third kappa shape index (κ3) is 3.95. The van der Waals surface area contributed by atoms with Crippen LogP contribution in [0.1, 0.15) is 0 Å². The first-order valence-electron chi connectivity index (χ1n) is 10.4. The highest BCUT2D eigenvalue weighted by atomic mass is 32.2. The van der Waals surface area contributed by atoms with Crippen molar-refractivity contribution in [3.8, 4) is 0 Å². The first-order valence-corrected chi connectivity index (χ1v) is 12.3. The molecule has 1 saturated heterocycles. The molecule has 17 heteroatoms. The van der Waals surface area contributed by atoms with Crippen LogP contribution in [-0.4, -0.2) is 67.4 Å². The molecule has 36 heavy (non-hydrogen) atoms. The molecule has 3 aliphatic rings. The van der Waals surface area contributed by atoms with Gasteiger partial charge in [-0.1, -0.05) is 14.8 Å². The van der Waals surface area contributed by atoms with E-state index in [0.29, 0.717) is 27.8 Å². The van der Waals surface area contributed by atoms with E-state index in [9.17, 15) is 19.5 Å². The number of hydrogen-bond donors (Lipinski definition) is 4. The van der Waals surface area contributed by atoms with Crippen molar-refractivity contribution in [2.45, 2.75) is 18.0 Å². The summed E-state index contributed by atoms with van der Waals surface area (Å²) in [6.45, 7) is 0.177. The van der Waals surface area contributed by atoms with Crippen molar-refractivity contribution in [2.75, 3.05) is 18.6 Å². The Hall–Kier alpha value is -3.96. The van der Waals surface area contributed by atoms with Crippen molar-refractivity contribution in [1.29, 1.82) is 0 Å². The number of nitrogens with one attached hydrogen (secondary N) is 2. The maximum Gasteiger partial charge on any atom is 0.310 e. The lowest BCUT2D eigenvalue weighted by molar-refractivity contribution is -0.666. The summed E-state index contributed by atoms with van der Waals surface area (Å²) in [6, 6.07) is 2.42. The van der Waals surface area contributed by atoms with Gasteiger partial charge in [0.05, 0.1) is 36.3 Å². The van der Waals surface area contributed by atoms with Crippen LogP contribution in [0.15, 0.2) is 52.2 Å². The molecule has 1 fully saturated rings. The summed E-state index contributed by atoms with van der Waals surface area (Å²) in [7, 11) is 1.27. The minimum atomic E-state index is -1.48. The highest BCUT2D eigenvalue weighted by Gasteiger charge is 2.53. The number of rotatable bonds is 5. The number of nitrogen functional groups attached to an aromatic ring is 1. The molecule has 188 valence electrons. The minimum absolute atomic E-state index is 0.177. The molecule has 0 aromatic carbocycles. The minimum Gasteiger partial charge on any atom is -0.543 e. The van der Waals surface area contributed by atoms with Gasteiger partial charge in [0.1, 0.15) is 30.1 Å². The third-order valence-electron chi connectivity index (χ3n) is 5.60. The van der Waals surface area contributed by atoms with Crippen molar-refractivity contribution in [1.82, 2.24) is 29.7 Å². The molecule has 6 N–H and O–H groups in total. The Bertz CT molecular complexity index is 1370. The molecule has 0 bridgehead atoms. The summed E-state index contributed by atoms with van der Waals surface area (Å²) in [5, 5.41) is 23.6. The summed E-state index contributed by atoms with van der Waals surface area (Å²) in [5.41, 5.74) is 12.6. The van der Waals surface area contributed by atoms with E-state index in [1.54, 1.807) is 29.1 Å². The number of carbonyl (C=O) groups is 3. The van der Waals surface area contributed by atoms with E-state index in [2.05, 4.69) is 20.4 Å². The van der Waals surface area contributed by atoms with Crippen LogP contribution in [0.5, 0.6) is 0 Å². The van der Waals surface area contributed by atoms with Gasteiger partial charge in [0.15, 0.2) is 0 Å². The number of carbonyl (C=O) groups excluding carboxylic acids is 3. The normalized spacial score (nSPS) is 21.9. The molecule has 2 aromatic heterocycles. The van der Waals surface area contributed by atoms with Gasteiger partial charge in [0.25, 0.3) is 17.6 Å². The Morgan fingerprint density at radius 3 is 2.92 bits per heavy atom. The second-order valence-electron chi connectivity index (χ2n) is 7.76. The van der Waals surface area contributed by atoms with Crippen molar-refractivity contribution in [2.24, 2.45) is 10.9 Å². The van der Waals surface area contributed by atoms with Gasteiger partial charge < -0.3 is 31.5 Å². The fourth-order valence-electron chi connectivity index (χ4n) is 4.03. The second kappa shape index (κ2) is 9.25. The van der Waals surface area contributed by atoms with E-state index in [-0.39, 0.29) is 18.1 Å². The number of amidine groups is 1. The number of nitrogens with two attached hydrogens (primary N) is 2. The summed E-state index contributed by atoms with van der Waals surface area (Å²) in [4.78, 5) is 46.6. The average molecular weight is 533 g/mol. The van der Waals surface area contributed by atoms with Gasteiger partial charge >= 0.3 is 5.65 Å². The summed E-state index contributed by atoms with van der Waals surface area (Å²) < 4.78 is 3.30. The van der Waals surface area contributed by atoms with Gasteiger partial charge in [-0.3, -0.25) is 14.5 Å². The predicted octanol–water partition coefficient (Wildman–Crippen LogP) is -3.21. The van der Waals surface area contributed by atoms with E-state index >= 15 is 0 Å². The second-order valence-corrected chi connectivity index (χ2v) is 9.73. The first kappa shape index (κ1) is 23.8. The molecule has 5 rings (SSSR count). The van der Waals surface area contributed by atoms with Crippen LogP contribution >= 0.6 is 23.7 Å². The number of thioether (sulfide) groups is 1. The van der Waals surface area contributed by atoms with Gasteiger partial charge in [-0.15, -0.1) is 11.8 Å². The van der Waals surface area contributed by atoms with E-state index in [4.69, 9.17) is 16.3 Å². The number of aliphatic carboxylic acids is 1. The Balaban J connectivity index is 1.37. The van der Waals surface area contributed by atoms with Crippen LogP contribution in [0, 0.1) is 0 Å². The zero-order valence-electron chi connectivity index (χ0n) is 18.7. The van der Waals surface area contributed by atoms with Crippen LogP contribution in [0.2, 0.25) is 0 Å². The smallest absolute Gasteiger partial charge is 0.310 e. The van der Waals surface area contributed by atoms with E-state index in [1.807, 2.05) is 0 Å². The molecule has 3 aliphatic heterocycles. The number of aromatic nitrogens is 3. The highest BCUT2D eigenvalue weighted by Crippen LogP contribution is 2.40. The first-order chi connectivity index (χ1) is 17.3. The number of nitrogens with zero attached hydrogens (tertiary/aromatic N) is 6. The zero-order chi connectivity index (χ0) is 25.6. The highest BCUT2D eigenvalue weighted by molar-refractivity contribution is 8.01. The predicted molar refractivity (Wildman–Crippen MR) is 126 cm³/mol. The maximum atomic E-state index is 13.0. The van der Waals surface area contributed by atoms with Gasteiger partial charge in [-0.2, -0.15) is 4.83 Å². The van der Waals surface area contributed by atoms with Gasteiger partial charge in [-0.25, -0.2) is 9.58 Å². The van der Waals surface area contributed by atoms with Crippen LogP contribution in [0.3, 0.4) is 0 Å². The fourth-order valence-corrected chi connectivity index (χ4v) is 5.87. The largest absolute Gasteiger partial charge is 0.543 e. The summed E-state index contributed by atoms with van der Waals surface area (Å²) in [6.07, 6.45) is 4.73. The maximum absolute atomic E-state index is 13.0. The number of carboxylic acids is 1. The van der Waals surface area contributed by atoms with E-state index in [1.165, 1.54) is 34.6 Å².